The van der Waals surface area contributed by atoms with E-state index >= 15 is 0 Å². The Morgan fingerprint density at radius 1 is 0.839 bits per heavy atom. The molecule has 1 saturated carbocycles. The van der Waals surface area contributed by atoms with Gasteiger partial charge in [-0.05, 0) is 79.5 Å². The third-order valence-electron chi connectivity index (χ3n) is 6.26. The Balaban J connectivity index is 1.51. The number of ether oxygens (including phenoxy) is 1. The molecule has 0 spiro atoms. The molecule has 2 aromatic carbocycles. The minimum atomic E-state index is -0.950. The molecule has 0 bridgehead atoms. The summed E-state index contributed by atoms with van der Waals surface area (Å²) < 4.78 is 61.4. The summed E-state index contributed by atoms with van der Waals surface area (Å²) in [4.78, 5) is 0. The first-order chi connectivity index (χ1) is 15.0. The normalized spacial score (nSPS) is 19.2. The molecule has 0 aliphatic heterocycles. The van der Waals surface area contributed by atoms with Gasteiger partial charge < -0.3 is 4.74 Å². The van der Waals surface area contributed by atoms with E-state index in [1.807, 2.05) is 13.0 Å². The van der Waals surface area contributed by atoms with Crippen molar-refractivity contribution in [2.24, 2.45) is 5.92 Å². The van der Waals surface area contributed by atoms with Crippen LogP contribution in [0.15, 0.2) is 36.4 Å². The number of methoxy groups -OCH3 is 1. The van der Waals surface area contributed by atoms with E-state index in [4.69, 9.17) is 4.74 Å². The maximum absolute atomic E-state index is 14.5. The Hall–Kier alpha value is -2.30. The maximum atomic E-state index is 14.5. The predicted molar refractivity (Wildman–Crippen MR) is 115 cm³/mol. The summed E-state index contributed by atoms with van der Waals surface area (Å²) in [5.74, 6) is -2.85. The van der Waals surface area contributed by atoms with Gasteiger partial charge in [-0.2, -0.15) is 4.39 Å². The minimum absolute atomic E-state index is 0.0474. The van der Waals surface area contributed by atoms with Gasteiger partial charge in [-0.15, -0.1) is 0 Å². The summed E-state index contributed by atoms with van der Waals surface area (Å²) in [6, 6.07) is 6.47. The van der Waals surface area contributed by atoms with Gasteiger partial charge in [-0.25, -0.2) is 13.2 Å². The van der Waals surface area contributed by atoms with Crippen molar-refractivity contribution in [3.63, 3.8) is 0 Å². The van der Waals surface area contributed by atoms with Gasteiger partial charge in [0, 0.05) is 0 Å². The van der Waals surface area contributed by atoms with E-state index in [9.17, 15) is 17.6 Å². The fourth-order valence-electron chi connectivity index (χ4n) is 4.45. The summed E-state index contributed by atoms with van der Waals surface area (Å²) in [6.45, 7) is 1.95. The molecule has 1 nitrogen and oxygen atoms in total. The molecule has 3 rings (SSSR count). The van der Waals surface area contributed by atoms with E-state index < -0.39 is 23.3 Å². The summed E-state index contributed by atoms with van der Waals surface area (Å²) in [5.41, 5.74) is 1.28. The van der Waals surface area contributed by atoms with Crippen LogP contribution in [-0.2, 0) is 12.8 Å². The Morgan fingerprint density at radius 2 is 1.48 bits per heavy atom. The molecular weight excluding hydrogens is 404 g/mol. The van der Waals surface area contributed by atoms with Gasteiger partial charge >= 0.3 is 0 Å². The van der Waals surface area contributed by atoms with Crippen molar-refractivity contribution in [2.75, 3.05) is 7.11 Å². The van der Waals surface area contributed by atoms with E-state index in [1.165, 1.54) is 13.2 Å². The molecule has 1 fully saturated rings. The molecule has 0 aromatic heterocycles. The Labute approximate surface area is 182 Å². The molecule has 1 aliphatic carbocycles. The predicted octanol–water partition coefficient (Wildman–Crippen LogP) is 7.67. The highest BCUT2D eigenvalue weighted by molar-refractivity contribution is 5.31. The van der Waals surface area contributed by atoms with Crippen molar-refractivity contribution in [3.8, 4) is 5.75 Å². The lowest BCUT2D eigenvalue weighted by molar-refractivity contribution is 0.363. The zero-order valence-electron chi connectivity index (χ0n) is 18.2. The number of hydrogen-bond acceptors (Lipinski definition) is 1. The van der Waals surface area contributed by atoms with Gasteiger partial charge in [0.2, 0.25) is 5.82 Å². The zero-order valence-corrected chi connectivity index (χ0v) is 18.2. The lowest BCUT2D eigenvalue weighted by atomic mass is 9.78. The number of halogens is 4. The topological polar surface area (TPSA) is 9.23 Å². The number of aryl methyl sites for hydroxylation is 2. The van der Waals surface area contributed by atoms with Crippen LogP contribution in [0.25, 0.3) is 0 Å². The highest BCUT2D eigenvalue weighted by Crippen LogP contribution is 2.38. The molecule has 0 radical (unpaired) electrons. The quantitative estimate of drug-likeness (QED) is 0.306. The van der Waals surface area contributed by atoms with E-state index in [0.717, 1.165) is 32.1 Å². The summed E-state index contributed by atoms with van der Waals surface area (Å²) in [7, 11) is 1.31. The smallest absolute Gasteiger partial charge is 0.200 e. The SMILES string of the molecule is CCCc1ccc(C2CCC(C=CCCc3ccc(OC)c(F)c3F)CC2)c(F)c1F. The van der Waals surface area contributed by atoms with E-state index in [2.05, 4.69) is 6.08 Å². The van der Waals surface area contributed by atoms with Crippen LogP contribution in [0, 0.1) is 29.2 Å². The van der Waals surface area contributed by atoms with Gasteiger partial charge in [0.25, 0.3) is 0 Å². The fraction of sp³-hybridized carbons (Fsp3) is 0.462. The van der Waals surface area contributed by atoms with Crippen molar-refractivity contribution in [2.45, 2.75) is 64.2 Å². The van der Waals surface area contributed by atoms with Crippen molar-refractivity contribution >= 4 is 0 Å². The molecule has 0 saturated heterocycles. The van der Waals surface area contributed by atoms with Gasteiger partial charge in [0.15, 0.2) is 23.2 Å². The van der Waals surface area contributed by atoms with E-state index in [0.29, 0.717) is 41.9 Å². The Kier molecular flexibility index (Phi) is 8.16. The molecule has 0 atom stereocenters. The van der Waals surface area contributed by atoms with Gasteiger partial charge in [-0.1, -0.05) is 43.7 Å². The van der Waals surface area contributed by atoms with Crippen molar-refractivity contribution in [1.29, 1.82) is 0 Å². The molecule has 0 N–H and O–H groups in total. The third kappa shape index (κ3) is 5.50. The molecule has 31 heavy (non-hydrogen) atoms. The van der Waals surface area contributed by atoms with Crippen molar-refractivity contribution < 1.29 is 22.3 Å². The molecular formula is C26H30F4O. The number of benzene rings is 2. The summed E-state index contributed by atoms with van der Waals surface area (Å²) in [6.07, 6.45) is 9.93. The first-order valence-corrected chi connectivity index (χ1v) is 11.1. The van der Waals surface area contributed by atoms with Crippen LogP contribution in [0.5, 0.6) is 5.75 Å². The maximum Gasteiger partial charge on any atom is 0.200 e. The molecule has 2 aromatic rings. The van der Waals surface area contributed by atoms with Crippen molar-refractivity contribution in [1.82, 2.24) is 0 Å². The molecule has 1 aliphatic rings. The summed E-state index contributed by atoms with van der Waals surface area (Å²) in [5, 5.41) is 0. The molecule has 0 unspecified atom stereocenters. The second-order valence-electron chi connectivity index (χ2n) is 8.33. The highest BCUT2D eigenvalue weighted by Gasteiger charge is 2.25. The van der Waals surface area contributed by atoms with Crippen LogP contribution < -0.4 is 4.74 Å². The third-order valence-corrected chi connectivity index (χ3v) is 6.26. The standard InChI is InChI=1S/C26H30F4O/c1-3-6-19-13-15-21(25(29)23(19)27)18-11-9-17(10-12-18)7-4-5-8-20-14-16-22(31-2)26(30)24(20)28/h4,7,13-18H,3,5-6,8-12H2,1-2H3. The Bertz CT molecular complexity index is 914. The largest absolute Gasteiger partial charge is 0.494 e. The average molecular weight is 435 g/mol. The van der Waals surface area contributed by atoms with Crippen LogP contribution in [0.1, 0.15) is 68.1 Å². The molecule has 0 amide bonds. The lowest BCUT2D eigenvalue weighted by Crippen LogP contribution is -2.14. The lowest BCUT2D eigenvalue weighted by Gasteiger charge is -2.27. The highest BCUT2D eigenvalue weighted by atomic mass is 19.2. The minimum Gasteiger partial charge on any atom is -0.494 e. The average Bonchev–Trinajstić information content (AvgIpc) is 2.78. The molecule has 168 valence electrons. The second-order valence-corrected chi connectivity index (χ2v) is 8.33. The zero-order chi connectivity index (χ0) is 22.4. The van der Waals surface area contributed by atoms with Crippen LogP contribution >= 0.6 is 0 Å². The monoisotopic (exact) mass is 434 g/mol. The Morgan fingerprint density at radius 3 is 2.16 bits per heavy atom. The van der Waals surface area contributed by atoms with Crippen LogP contribution in [-0.4, -0.2) is 7.11 Å². The van der Waals surface area contributed by atoms with E-state index in [-0.39, 0.29) is 11.7 Å². The first-order valence-electron chi connectivity index (χ1n) is 11.1. The number of hydrogen-bond donors (Lipinski definition) is 0. The van der Waals surface area contributed by atoms with Crippen molar-refractivity contribution in [3.05, 3.63) is 76.4 Å². The van der Waals surface area contributed by atoms with Crippen LogP contribution in [0.4, 0.5) is 17.6 Å². The van der Waals surface area contributed by atoms with E-state index in [1.54, 1.807) is 18.2 Å². The number of allylic oxidation sites excluding steroid dienone is 2. The molecule has 0 heterocycles. The molecule has 5 heteroatoms. The van der Waals surface area contributed by atoms with Crippen LogP contribution in [0.2, 0.25) is 0 Å². The van der Waals surface area contributed by atoms with Gasteiger partial charge in [-0.3, -0.25) is 0 Å². The first kappa shape index (κ1) is 23.4. The van der Waals surface area contributed by atoms with Crippen LogP contribution in [0.3, 0.4) is 0 Å². The number of rotatable bonds is 8. The van der Waals surface area contributed by atoms with Gasteiger partial charge in [0.05, 0.1) is 7.11 Å². The summed E-state index contributed by atoms with van der Waals surface area (Å²) >= 11 is 0. The fourth-order valence-corrected chi connectivity index (χ4v) is 4.45. The van der Waals surface area contributed by atoms with Gasteiger partial charge in [0.1, 0.15) is 0 Å². The second kappa shape index (κ2) is 10.8.